The topological polar surface area (TPSA) is 66.2 Å². The van der Waals surface area contributed by atoms with Crippen LogP contribution in [0.2, 0.25) is 0 Å². The maximum Gasteiger partial charge on any atom is 0.489 e. The van der Waals surface area contributed by atoms with E-state index in [1.54, 1.807) is 0 Å². The second kappa shape index (κ2) is 23.5. The maximum absolute atomic E-state index is 9.94. The number of halogens is 1. The molecule has 2 aromatic heterocycles. The van der Waals surface area contributed by atoms with Gasteiger partial charge in [0.05, 0.1) is 22.2 Å². The van der Waals surface area contributed by atoms with Gasteiger partial charge in [-0.15, -0.1) is 0 Å². The smallest absolute Gasteiger partial charge is 0.423 e. The molecule has 0 saturated carbocycles. The van der Waals surface area contributed by atoms with Gasteiger partial charge in [-0.05, 0) is 201 Å². The average molecular weight is 1360 g/mol. The molecule has 4 aliphatic carbocycles. The average Bonchev–Trinajstić information content (AvgIpc) is 1.47. The molecule has 0 saturated heterocycles. The molecule has 4 aliphatic rings. The number of nitrogens with zero attached hydrogens (tertiary/aromatic N) is 2. The van der Waals surface area contributed by atoms with Gasteiger partial charge in [-0.25, -0.2) is 0 Å². The van der Waals surface area contributed by atoms with Crippen LogP contribution in [-0.4, -0.2) is 27.1 Å². The highest BCUT2D eigenvalue weighted by Crippen LogP contribution is 2.64. The minimum absolute atomic E-state index is 0.368. The second-order valence-corrected chi connectivity index (χ2v) is 28.0. The Morgan fingerprint density at radius 3 is 1.05 bits per heavy atom. The Balaban J connectivity index is 0.000000112. The van der Waals surface area contributed by atoms with Crippen LogP contribution in [0.1, 0.15) is 44.5 Å². The van der Waals surface area contributed by atoms with Gasteiger partial charge < -0.3 is 10.0 Å². The SMILES string of the molecule is Brc1ccc2c(c1)C1(c3ccccc3-c3cccc4cccc1c34)c1cccnc1-2.OB(O)c1c2ccccc2c(-c2ccccc2)c2ccccc12.c1ccc(-c2c3ccccc3c(-c3ccc4c(c3)C3(c5ccccc5-c5cccc6cccc3c56)c3cccnc3-4)c3ccccc23)cc1. The van der Waals surface area contributed by atoms with Crippen molar-refractivity contribution in [3.05, 3.63) is 401 Å². The van der Waals surface area contributed by atoms with Gasteiger partial charge in [0.25, 0.3) is 0 Å². The van der Waals surface area contributed by atoms with E-state index < -0.39 is 12.5 Å². The summed E-state index contributed by atoms with van der Waals surface area (Å²) in [6.45, 7) is 0. The van der Waals surface area contributed by atoms with Crippen LogP contribution in [0.25, 0.3) is 143 Å². The van der Waals surface area contributed by atoms with Crippen molar-refractivity contribution >= 4 is 93.1 Å². The number of rotatable bonds is 4. The first-order valence-corrected chi connectivity index (χ1v) is 35.6. The summed E-state index contributed by atoms with van der Waals surface area (Å²) in [6.07, 6.45) is 3.86. The lowest BCUT2D eigenvalue weighted by molar-refractivity contribution is 0.426. The summed E-state index contributed by atoms with van der Waals surface area (Å²) in [5.74, 6) is 0. The van der Waals surface area contributed by atoms with Crippen molar-refractivity contribution in [2.45, 2.75) is 10.8 Å². The monoisotopic (exact) mass is 1360 g/mol. The summed E-state index contributed by atoms with van der Waals surface area (Å²) in [5, 5.41) is 34.0. The minimum Gasteiger partial charge on any atom is -0.423 e. The van der Waals surface area contributed by atoms with Crippen LogP contribution in [0, 0.1) is 0 Å². The molecule has 4 nitrogen and oxygen atoms in total. The van der Waals surface area contributed by atoms with Crippen LogP contribution in [0.15, 0.2) is 357 Å². The summed E-state index contributed by atoms with van der Waals surface area (Å²) < 4.78 is 1.09. The van der Waals surface area contributed by atoms with Crippen LogP contribution in [0.4, 0.5) is 0 Å². The zero-order chi connectivity index (χ0) is 67.8. The van der Waals surface area contributed by atoms with Gasteiger partial charge >= 0.3 is 7.12 Å². The Morgan fingerprint density at radius 1 is 0.255 bits per heavy atom. The molecule has 2 unspecified atom stereocenters. The molecule has 2 spiro atoms. The fourth-order valence-electron chi connectivity index (χ4n) is 18.4. The molecular formula is C96H60BBrN2O2. The summed E-state index contributed by atoms with van der Waals surface area (Å²) in [5.41, 5.74) is 27.2. The van der Waals surface area contributed by atoms with Crippen LogP contribution >= 0.6 is 15.9 Å². The summed E-state index contributed by atoms with van der Waals surface area (Å²) in [4.78, 5) is 9.95. The zero-order valence-corrected chi connectivity index (χ0v) is 56.8. The quantitative estimate of drug-likeness (QED) is 0.136. The molecule has 0 bridgehead atoms. The van der Waals surface area contributed by atoms with Crippen molar-refractivity contribution < 1.29 is 10.0 Å². The Labute approximate surface area is 599 Å². The lowest BCUT2D eigenvalue weighted by Crippen LogP contribution is -2.31. The number of aromatic nitrogens is 2. The molecule has 0 aliphatic heterocycles. The molecule has 18 aromatic rings. The van der Waals surface area contributed by atoms with Crippen molar-refractivity contribution in [2.24, 2.45) is 0 Å². The molecule has 0 amide bonds. The van der Waals surface area contributed by atoms with Crippen molar-refractivity contribution in [3.63, 3.8) is 0 Å². The first-order valence-electron chi connectivity index (χ1n) is 34.9. The second-order valence-electron chi connectivity index (χ2n) is 27.1. The van der Waals surface area contributed by atoms with Crippen LogP contribution in [-0.2, 0) is 10.8 Å². The number of hydrogen-bond donors (Lipinski definition) is 2. The lowest BCUT2D eigenvalue weighted by atomic mass is 9.61. The van der Waals surface area contributed by atoms with Gasteiger partial charge in [0, 0.05) is 28.0 Å². The predicted molar refractivity (Wildman–Crippen MR) is 426 cm³/mol. The molecule has 6 heteroatoms. The van der Waals surface area contributed by atoms with E-state index in [1.807, 2.05) is 79.1 Å². The largest absolute Gasteiger partial charge is 0.489 e. The molecular weight excluding hydrogens is 1300 g/mol. The molecule has 22 rings (SSSR count). The summed E-state index contributed by atoms with van der Waals surface area (Å²) >= 11 is 3.75. The third-order valence-corrected chi connectivity index (χ3v) is 22.7. The van der Waals surface area contributed by atoms with E-state index in [4.69, 9.17) is 9.97 Å². The molecule has 2 heterocycles. The fraction of sp³-hybridized carbons (Fsp3) is 0.0208. The van der Waals surface area contributed by atoms with E-state index in [2.05, 4.69) is 289 Å². The van der Waals surface area contributed by atoms with E-state index in [-0.39, 0.29) is 5.41 Å². The highest BCUT2D eigenvalue weighted by molar-refractivity contribution is 9.10. The molecule has 2 atom stereocenters. The Hall–Kier alpha value is -12.2. The van der Waals surface area contributed by atoms with Gasteiger partial charge in [-0.2, -0.15) is 0 Å². The first kappa shape index (κ1) is 59.9. The Kier molecular flexibility index (Phi) is 13.8. The van der Waals surface area contributed by atoms with Crippen molar-refractivity contribution in [2.75, 3.05) is 0 Å². The molecule has 2 N–H and O–H groups in total. The van der Waals surface area contributed by atoms with Gasteiger partial charge in [-0.3, -0.25) is 9.97 Å². The molecule has 476 valence electrons. The van der Waals surface area contributed by atoms with Crippen LogP contribution in [0.5, 0.6) is 0 Å². The molecule has 102 heavy (non-hydrogen) atoms. The van der Waals surface area contributed by atoms with E-state index in [0.717, 1.165) is 48.5 Å². The number of benzene rings is 16. The number of pyridine rings is 2. The highest BCUT2D eigenvalue weighted by atomic mass is 79.9. The Bertz CT molecular complexity index is 6400. The van der Waals surface area contributed by atoms with Crippen molar-refractivity contribution in [1.29, 1.82) is 0 Å². The molecule has 0 fully saturated rings. The minimum atomic E-state index is -1.50. The predicted octanol–water partition coefficient (Wildman–Crippen LogP) is 22.9. The number of hydrogen-bond acceptors (Lipinski definition) is 4. The molecule has 0 radical (unpaired) electrons. The standard InChI is InChI=1S/C48H29N.C28H16BrN.C20H15BO2/c1-2-13-30(14-3-1)44-35-18-4-6-20-37(35)45(38-21-7-5-19-36(38)44)32-26-27-39-43(29-32)48(42-25-12-28-49-47(39)42)40-23-9-8-17-33(40)34-22-10-15-31-16-11-24-41(48)46(31)34;29-18-13-14-21-25(16-18)28(24-12-5-15-30-27(21)24)22-10-2-1-8-19(22)20-9-3-6-17-7-4-11-23(28)26(17)20;22-21(23)20-17-12-6-4-10-15(17)19(14-8-2-1-3-9-14)16-11-5-7-13-18(16)20/h1-29H;1-16H;1-13,22-23H. The van der Waals surface area contributed by atoms with E-state index in [1.165, 1.54) is 143 Å². The van der Waals surface area contributed by atoms with Gasteiger partial charge in [0.15, 0.2) is 0 Å². The third kappa shape index (κ3) is 8.58. The van der Waals surface area contributed by atoms with Crippen LogP contribution in [0.3, 0.4) is 0 Å². The van der Waals surface area contributed by atoms with E-state index in [0.29, 0.717) is 5.46 Å². The fourth-order valence-corrected chi connectivity index (χ4v) is 18.8. The van der Waals surface area contributed by atoms with Gasteiger partial charge in [0.1, 0.15) is 0 Å². The van der Waals surface area contributed by atoms with E-state index in [9.17, 15) is 10.0 Å². The maximum atomic E-state index is 9.94. The van der Waals surface area contributed by atoms with Crippen molar-refractivity contribution in [3.8, 4) is 78.1 Å². The number of fused-ring (bicyclic) bond motifs is 22. The molecule has 16 aromatic carbocycles. The normalized spacial score (nSPS) is 15.1. The Morgan fingerprint density at radius 2 is 0.598 bits per heavy atom. The zero-order valence-electron chi connectivity index (χ0n) is 55.2. The van der Waals surface area contributed by atoms with Crippen LogP contribution < -0.4 is 5.46 Å². The van der Waals surface area contributed by atoms with Crippen molar-refractivity contribution in [1.82, 2.24) is 9.97 Å². The summed E-state index contributed by atoms with van der Waals surface area (Å²) in [7, 11) is -1.50. The van der Waals surface area contributed by atoms with Gasteiger partial charge in [-0.1, -0.05) is 325 Å². The lowest BCUT2D eigenvalue weighted by Gasteiger charge is -2.40. The first-order chi connectivity index (χ1) is 50.4. The van der Waals surface area contributed by atoms with Gasteiger partial charge in [0.2, 0.25) is 0 Å². The third-order valence-electron chi connectivity index (χ3n) is 22.2. The summed E-state index contributed by atoms with van der Waals surface area (Å²) in [6, 6.07) is 122. The van der Waals surface area contributed by atoms with E-state index >= 15 is 0 Å². The highest BCUT2D eigenvalue weighted by Gasteiger charge is 2.52.